The highest BCUT2D eigenvalue weighted by Gasteiger charge is 1.99. The van der Waals surface area contributed by atoms with Crippen molar-refractivity contribution >= 4 is 28.8 Å². The molecule has 5 heteroatoms. The van der Waals surface area contributed by atoms with E-state index in [0.29, 0.717) is 5.17 Å². The van der Waals surface area contributed by atoms with E-state index in [-0.39, 0.29) is 6.02 Å². The van der Waals surface area contributed by atoms with Crippen LogP contribution in [0, 0.1) is 0 Å². The Balaban J connectivity index is 2.88. The van der Waals surface area contributed by atoms with Crippen LogP contribution in [0.4, 0.5) is 0 Å². The van der Waals surface area contributed by atoms with Crippen LogP contribution >= 0.6 is 11.8 Å². The maximum Gasteiger partial charge on any atom is 0.327 e. The molecule has 0 aromatic carbocycles. The summed E-state index contributed by atoms with van der Waals surface area (Å²) < 4.78 is 4.81. The molecular formula is C6H7N3OS. The van der Waals surface area contributed by atoms with Crippen LogP contribution < -0.4 is 0 Å². The van der Waals surface area contributed by atoms with Crippen molar-refractivity contribution in [2.45, 2.75) is 0 Å². The highest BCUT2D eigenvalue weighted by Crippen LogP contribution is 2.02. The molecule has 0 bridgehead atoms. The van der Waals surface area contributed by atoms with Crippen molar-refractivity contribution in [3.05, 3.63) is 6.20 Å². The van der Waals surface area contributed by atoms with Gasteiger partial charge >= 0.3 is 6.02 Å². The number of methoxy groups -OCH3 is 1. The molecule has 4 nitrogen and oxygen atoms in total. The van der Waals surface area contributed by atoms with Crippen LogP contribution in [-0.4, -0.2) is 30.4 Å². The Hall–Kier alpha value is -1.06. The smallest absolute Gasteiger partial charge is 0.327 e. The summed E-state index contributed by atoms with van der Waals surface area (Å²) in [7, 11) is 1.51. The molecule has 1 aliphatic heterocycles. The number of thioether (sulfide) groups is 1. The Labute approximate surface area is 68.8 Å². The van der Waals surface area contributed by atoms with Crippen molar-refractivity contribution in [1.82, 2.24) is 0 Å². The van der Waals surface area contributed by atoms with Crippen molar-refractivity contribution in [3.8, 4) is 0 Å². The fourth-order valence-corrected chi connectivity index (χ4v) is 0.821. The van der Waals surface area contributed by atoms with Gasteiger partial charge in [0.05, 0.1) is 13.3 Å². The van der Waals surface area contributed by atoms with Crippen LogP contribution in [0.5, 0.6) is 0 Å². The Morgan fingerprint density at radius 2 is 2.45 bits per heavy atom. The highest BCUT2D eigenvalue weighted by atomic mass is 32.2. The molecule has 0 aromatic heterocycles. The van der Waals surface area contributed by atoms with Crippen molar-refractivity contribution in [3.63, 3.8) is 0 Å². The van der Waals surface area contributed by atoms with Gasteiger partial charge < -0.3 is 4.74 Å². The van der Waals surface area contributed by atoms with Gasteiger partial charge in [0.25, 0.3) is 0 Å². The Bertz CT molecular complexity index is 263. The molecule has 11 heavy (non-hydrogen) atoms. The zero-order chi connectivity index (χ0) is 8.10. The van der Waals surface area contributed by atoms with E-state index in [1.807, 2.05) is 6.26 Å². The summed E-state index contributed by atoms with van der Waals surface area (Å²) in [6.07, 6.45) is 3.34. The fourth-order valence-electron chi connectivity index (χ4n) is 0.493. The second kappa shape index (κ2) is 3.95. The van der Waals surface area contributed by atoms with Crippen LogP contribution in [-0.2, 0) is 4.74 Å². The Morgan fingerprint density at radius 3 is 3.09 bits per heavy atom. The molecule has 1 heterocycles. The molecule has 0 saturated carbocycles. The number of amidine groups is 2. The largest absolute Gasteiger partial charge is 0.466 e. The second-order valence-corrected chi connectivity index (χ2v) is 2.36. The van der Waals surface area contributed by atoms with Gasteiger partial charge in [-0.2, -0.15) is 4.99 Å². The van der Waals surface area contributed by atoms with Crippen LogP contribution in [0.15, 0.2) is 21.2 Å². The number of aliphatic imine (C=N–C) groups is 3. The van der Waals surface area contributed by atoms with Crippen molar-refractivity contribution in [2.24, 2.45) is 15.0 Å². The van der Waals surface area contributed by atoms with Crippen LogP contribution in [0.3, 0.4) is 0 Å². The van der Waals surface area contributed by atoms with E-state index in [9.17, 15) is 0 Å². The highest BCUT2D eigenvalue weighted by molar-refractivity contribution is 8.13. The lowest BCUT2D eigenvalue weighted by atomic mass is 11.0. The zero-order valence-corrected chi connectivity index (χ0v) is 7.05. The van der Waals surface area contributed by atoms with Gasteiger partial charge in [0.1, 0.15) is 0 Å². The topological polar surface area (TPSA) is 46.3 Å². The summed E-state index contributed by atoms with van der Waals surface area (Å²) in [5, 5.41) is 0.621. The van der Waals surface area contributed by atoms with Gasteiger partial charge in [0.15, 0.2) is 5.17 Å². The van der Waals surface area contributed by atoms with Gasteiger partial charge in [0, 0.05) is 5.87 Å². The van der Waals surface area contributed by atoms with E-state index in [4.69, 9.17) is 4.74 Å². The van der Waals surface area contributed by atoms with Gasteiger partial charge in [-0.3, -0.25) is 0 Å². The molecule has 0 unspecified atom stereocenters. The number of nitrogens with zero attached hydrogens (tertiary/aromatic N) is 3. The first-order valence-electron chi connectivity index (χ1n) is 2.89. The average molecular weight is 169 g/mol. The van der Waals surface area contributed by atoms with E-state index in [2.05, 4.69) is 20.8 Å². The van der Waals surface area contributed by atoms with Gasteiger partial charge in [-0.05, 0) is 6.26 Å². The van der Waals surface area contributed by atoms with E-state index in [1.165, 1.54) is 25.1 Å². The molecule has 0 atom stereocenters. The minimum absolute atomic E-state index is 0.284. The monoisotopic (exact) mass is 169 g/mol. The number of hydrogen-bond acceptors (Lipinski definition) is 5. The predicted molar refractivity (Wildman–Crippen MR) is 47.4 cm³/mol. The van der Waals surface area contributed by atoms with Crippen molar-refractivity contribution < 1.29 is 4.74 Å². The fraction of sp³-hybridized carbons (Fsp3) is 0.333. The molecule has 0 N–H and O–H groups in total. The first-order chi connectivity index (χ1) is 5.36. The number of ether oxygens (including phenoxy) is 1. The van der Waals surface area contributed by atoms with Crippen LogP contribution in [0.25, 0.3) is 0 Å². The molecule has 0 aromatic rings. The maximum absolute atomic E-state index is 4.81. The SMILES string of the molecule is COC1=NC(SC)=NC=C=N1. The molecule has 0 saturated heterocycles. The third kappa shape index (κ3) is 2.22. The Kier molecular flexibility index (Phi) is 2.89. The quantitative estimate of drug-likeness (QED) is 0.541. The first-order valence-corrected chi connectivity index (χ1v) is 4.11. The predicted octanol–water partition coefficient (Wildman–Crippen LogP) is 0.905. The van der Waals surface area contributed by atoms with Gasteiger partial charge in [-0.25, -0.2) is 4.99 Å². The normalized spacial score (nSPS) is 15.5. The van der Waals surface area contributed by atoms with Gasteiger partial charge in [-0.15, -0.1) is 4.99 Å². The van der Waals surface area contributed by atoms with Gasteiger partial charge in [0.2, 0.25) is 0 Å². The standard InChI is InChI=1S/C6H7N3OS/c1-10-5-7-3-4-8-6(9-5)11-2/h4H,1-2H3. The first kappa shape index (κ1) is 8.04. The second-order valence-electron chi connectivity index (χ2n) is 1.58. The van der Waals surface area contributed by atoms with Crippen molar-refractivity contribution in [1.29, 1.82) is 0 Å². The van der Waals surface area contributed by atoms with Crippen LogP contribution in [0.1, 0.15) is 0 Å². The lowest BCUT2D eigenvalue weighted by Gasteiger charge is -1.94. The summed E-state index contributed by atoms with van der Waals surface area (Å²) in [6.45, 7) is 0. The lowest BCUT2D eigenvalue weighted by molar-refractivity contribution is 0.398. The summed E-state index contributed by atoms with van der Waals surface area (Å²) in [4.78, 5) is 11.6. The maximum atomic E-state index is 4.81. The molecular weight excluding hydrogens is 162 g/mol. The zero-order valence-electron chi connectivity index (χ0n) is 6.24. The third-order valence-electron chi connectivity index (χ3n) is 0.949. The minimum atomic E-state index is 0.284. The van der Waals surface area contributed by atoms with E-state index in [1.54, 1.807) is 0 Å². The van der Waals surface area contributed by atoms with E-state index < -0.39 is 0 Å². The summed E-state index contributed by atoms with van der Waals surface area (Å²) in [5.74, 6) is 2.56. The lowest BCUT2D eigenvalue weighted by Crippen LogP contribution is -1.98. The molecule has 1 rings (SSSR count). The summed E-state index contributed by atoms with van der Waals surface area (Å²) in [5.41, 5.74) is 0. The molecule has 1 aliphatic rings. The average Bonchev–Trinajstić information content (AvgIpc) is 2.28. The summed E-state index contributed by atoms with van der Waals surface area (Å²) in [6, 6.07) is 0.284. The van der Waals surface area contributed by atoms with E-state index >= 15 is 0 Å². The Morgan fingerprint density at radius 1 is 1.64 bits per heavy atom. The molecule has 0 aliphatic carbocycles. The van der Waals surface area contributed by atoms with Gasteiger partial charge in [-0.1, -0.05) is 11.8 Å². The molecule has 0 spiro atoms. The number of rotatable bonds is 0. The summed E-state index contributed by atoms with van der Waals surface area (Å²) >= 11 is 1.43. The molecule has 0 amide bonds. The molecule has 58 valence electrons. The number of hydrogen-bond donors (Lipinski definition) is 0. The molecule has 0 radical (unpaired) electrons. The third-order valence-corrected chi connectivity index (χ3v) is 1.51. The van der Waals surface area contributed by atoms with E-state index in [0.717, 1.165) is 0 Å². The van der Waals surface area contributed by atoms with Crippen molar-refractivity contribution in [2.75, 3.05) is 13.4 Å². The van der Waals surface area contributed by atoms with Crippen LogP contribution in [0.2, 0.25) is 0 Å². The molecule has 0 fully saturated rings. The minimum Gasteiger partial charge on any atom is -0.466 e.